The van der Waals surface area contributed by atoms with Gasteiger partial charge < -0.3 is 5.73 Å². The van der Waals surface area contributed by atoms with Crippen LogP contribution in [0.4, 0.5) is 11.4 Å². The summed E-state index contributed by atoms with van der Waals surface area (Å²) in [5, 5.41) is 0. The van der Waals surface area contributed by atoms with E-state index in [9.17, 15) is 9.59 Å². The molecule has 138 valence electrons. The fraction of sp³-hybridized carbons (Fsp3) is 0.364. The van der Waals surface area contributed by atoms with Crippen LogP contribution in [-0.4, -0.2) is 11.8 Å². The predicted molar refractivity (Wildman–Crippen MR) is 107 cm³/mol. The molecule has 2 aromatic carbocycles. The Morgan fingerprint density at radius 2 is 1.08 bits per heavy atom. The van der Waals surface area contributed by atoms with Crippen molar-refractivity contribution in [2.45, 2.75) is 52.4 Å². The van der Waals surface area contributed by atoms with E-state index < -0.39 is 11.8 Å². The van der Waals surface area contributed by atoms with E-state index in [0.29, 0.717) is 11.4 Å². The highest BCUT2D eigenvalue weighted by atomic mass is 16.2. The number of nitrogens with zero attached hydrogens (tertiary/aromatic N) is 1. The Labute approximate surface area is 156 Å². The molecule has 0 heterocycles. The SMILES string of the molecule is CC(C)(C)c1ccccc1N(C(=O)C(N)=O)c1ccccc1C(C)(C)C. The maximum atomic E-state index is 12.9. The molecule has 0 unspecified atom stereocenters. The number of hydrogen-bond acceptors (Lipinski definition) is 2. The van der Waals surface area contributed by atoms with Crippen LogP contribution in [-0.2, 0) is 20.4 Å². The van der Waals surface area contributed by atoms with Crippen molar-refractivity contribution in [1.82, 2.24) is 0 Å². The molecule has 0 saturated carbocycles. The third-order valence-corrected chi connectivity index (χ3v) is 4.32. The minimum absolute atomic E-state index is 0.205. The lowest BCUT2D eigenvalue weighted by Crippen LogP contribution is -2.39. The van der Waals surface area contributed by atoms with Crippen molar-refractivity contribution < 1.29 is 9.59 Å². The summed E-state index contributed by atoms with van der Waals surface area (Å²) in [5.41, 5.74) is 8.29. The van der Waals surface area contributed by atoms with Gasteiger partial charge in [-0.05, 0) is 34.1 Å². The number of hydrogen-bond donors (Lipinski definition) is 1. The van der Waals surface area contributed by atoms with Crippen LogP contribution in [0.25, 0.3) is 0 Å². The Kier molecular flexibility index (Phi) is 5.26. The first-order chi connectivity index (χ1) is 11.9. The molecule has 26 heavy (non-hydrogen) atoms. The van der Waals surface area contributed by atoms with E-state index >= 15 is 0 Å². The molecule has 0 radical (unpaired) electrons. The molecule has 2 amide bonds. The Balaban J connectivity index is 2.82. The molecule has 4 heteroatoms. The standard InChI is InChI=1S/C22H28N2O2/c1-21(2,3)15-11-7-9-13-17(15)24(20(26)19(23)25)18-14-10-8-12-16(18)22(4,5)6/h7-14H,1-6H3,(H2,23,25). The normalized spacial score (nSPS) is 11.9. The number of amides is 2. The maximum absolute atomic E-state index is 12.9. The molecule has 0 aliphatic carbocycles. The van der Waals surface area contributed by atoms with Crippen molar-refractivity contribution in [3.8, 4) is 0 Å². The summed E-state index contributed by atoms with van der Waals surface area (Å²) < 4.78 is 0. The largest absolute Gasteiger partial charge is 0.361 e. The van der Waals surface area contributed by atoms with Crippen LogP contribution in [0.2, 0.25) is 0 Å². The number of rotatable bonds is 2. The van der Waals surface area contributed by atoms with E-state index in [2.05, 4.69) is 41.5 Å². The van der Waals surface area contributed by atoms with Crippen molar-refractivity contribution in [2.75, 3.05) is 4.90 Å². The van der Waals surface area contributed by atoms with Crippen LogP contribution in [0, 0.1) is 0 Å². The second-order valence-electron chi connectivity index (χ2n) is 8.54. The lowest BCUT2D eigenvalue weighted by molar-refractivity contribution is -0.135. The maximum Gasteiger partial charge on any atom is 0.320 e. The van der Waals surface area contributed by atoms with Crippen LogP contribution < -0.4 is 10.6 Å². The van der Waals surface area contributed by atoms with Gasteiger partial charge in [-0.25, -0.2) is 0 Å². The number of anilines is 2. The molecule has 2 N–H and O–H groups in total. The van der Waals surface area contributed by atoms with E-state index in [4.69, 9.17) is 5.73 Å². The third-order valence-electron chi connectivity index (χ3n) is 4.32. The summed E-state index contributed by atoms with van der Waals surface area (Å²) in [4.78, 5) is 26.2. The van der Waals surface area contributed by atoms with Gasteiger partial charge in [-0.1, -0.05) is 77.9 Å². The number of para-hydroxylation sites is 2. The number of benzene rings is 2. The number of nitrogens with two attached hydrogens (primary N) is 1. The van der Waals surface area contributed by atoms with Crippen molar-refractivity contribution in [2.24, 2.45) is 5.73 Å². The van der Waals surface area contributed by atoms with Crippen LogP contribution in [0.5, 0.6) is 0 Å². The van der Waals surface area contributed by atoms with Gasteiger partial charge in [0.15, 0.2) is 0 Å². The summed E-state index contributed by atoms with van der Waals surface area (Å²) in [6.45, 7) is 12.5. The first kappa shape index (κ1) is 19.7. The Bertz CT molecular complexity index is 769. The molecule has 0 fully saturated rings. The molecule has 2 aromatic rings. The molecule has 4 nitrogen and oxygen atoms in total. The molecular weight excluding hydrogens is 324 g/mol. The van der Waals surface area contributed by atoms with Crippen molar-refractivity contribution in [3.63, 3.8) is 0 Å². The molecule has 0 bridgehead atoms. The third kappa shape index (κ3) is 3.96. The lowest BCUT2D eigenvalue weighted by Gasteiger charge is -2.33. The van der Waals surface area contributed by atoms with Gasteiger partial charge in [-0.3, -0.25) is 14.5 Å². The highest BCUT2D eigenvalue weighted by molar-refractivity contribution is 6.41. The Morgan fingerprint density at radius 3 is 1.38 bits per heavy atom. The van der Waals surface area contributed by atoms with Gasteiger partial charge in [0.05, 0.1) is 11.4 Å². The number of carbonyl (C=O) groups is 2. The molecule has 0 atom stereocenters. The summed E-state index contributed by atoms with van der Waals surface area (Å²) in [7, 11) is 0. The molecule has 0 saturated heterocycles. The van der Waals surface area contributed by atoms with Crippen molar-refractivity contribution >= 4 is 23.2 Å². The highest BCUT2D eigenvalue weighted by Gasteiger charge is 2.31. The van der Waals surface area contributed by atoms with Gasteiger partial charge >= 0.3 is 11.8 Å². The zero-order chi connectivity index (χ0) is 19.7. The summed E-state index contributed by atoms with van der Waals surface area (Å²) in [5.74, 6) is -1.71. The predicted octanol–water partition coefficient (Wildman–Crippen LogP) is 4.43. The van der Waals surface area contributed by atoms with E-state index in [0.717, 1.165) is 11.1 Å². The summed E-state index contributed by atoms with van der Waals surface area (Å²) in [6.07, 6.45) is 0. The smallest absolute Gasteiger partial charge is 0.320 e. The summed E-state index contributed by atoms with van der Waals surface area (Å²) in [6, 6.07) is 15.3. The summed E-state index contributed by atoms with van der Waals surface area (Å²) >= 11 is 0. The Hall–Kier alpha value is -2.62. The molecule has 0 aliphatic heterocycles. The van der Waals surface area contributed by atoms with E-state index in [1.165, 1.54) is 4.90 Å². The molecule has 0 aliphatic rings. The van der Waals surface area contributed by atoms with Gasteiger partial charge in [0, 0.05) is 0 Å². The fourth-order valence-corrected chi connectivity index (χ4v) is 3.06. The quantitative estimate of drug-likeness (QED) is 0.813. The topological polar surface area (TPSA) is 63.4 Å². The van der Waals surface area contributed by atoms with Crippen LogP contribution >= 0.6 is 0 Å². The second-order valence-corrected chi connectivity index (χ2v) is 8.54. The van der Waals surface area contributed by atoms with Gasteiger partial charge in [-0.2, -0.15) is 0 Å². The van der Waals surface area contributed by atoms with Crippen molar-refractivity contribution in [1.29, 1.82) is 0 Å². The molecular formula is C22H28N2O2. The zero-order valence-electron chi connectivity index (χ0n) is 16.5. The average Bonchev–Trinajstić information content (AvgIpc) is 2.54. The van der Waals surface area contributed by atoms with Gasteiger partial charge in [0.1, 0.15) is 0 Å². The molecule has 0 spiro atoms. The van der Waals surface area contributed by atoms with Gasteiger partial charge in [-0.15, -0.1) is 0 Å². The number of carbonyl (C=O) groups excluding carboxylic acids is 2. The minimum Gasteiger partial charge on any atom is -0.361 e. The molecule has 0 aromatic heterocycles. The minimum atomic E-state index is -0.975. The first-order valence-corrected chi connectivity index (χ1v) is 8.77. The molecule has 2 rings (SSSR count). The van der Waals surface area contributed by atoms with E-state index in [1.807, 2.05) is 48.5 Å². The van der Waals surface area contributed by atoms with Crippen LogP contribution in [0.3, 0.4) is 0 Å². The van der Waals surface area contributed by atoms with E-state index in [-0.39, 0.29) is 10.8 Å². The second kappa shape index (κ2) is 6.94. The van der Waals surface area contributed by atoms with Crippen molar-refractivity contribution in [3.05, 3.63) is 59.7 Å². The highest BCUT2D eigenvalue weighted by Crippen LogP contribution is 2.40. The van der Waals surface area contributed by atoms with Crippen LogP contribution in [0.1, 0.15) is 52.7 Å². The van der Waals surface area contributed by atoms with Crippen LogP contribution in [0.15, 0.2) is 48.5 Å². The number of primary amides is 1. The van der Waals surface area contributed by atoms with Gasteiger partial charge in [0.2, 0.25) is 0 Å². The Morgan fingerprint density at radius 1 is 0.731 bits per heavy atom. The monoisotopic (exact) mass is 352 g/mol. The lowest BCUT2D eigenvalue weighted by atomic mass is 9.83. The van der Waals surface area contributed by atoms with E-state index in [1.54, 1.807) is 0 Å². The average molecular weight is 352 g/mol. The zero-order valence-corrected chi connectivity index (χ0v) is 16.5. The first-order valence-electron chi connectivity index (χ1n) is 8.77. The van der Waals surface area contributed by atoms with Gasteiger partial charge in [0.25, 0.3) is 0 Å². The fourth-order valence-electron chi connectivity index (χ4n) is 3.06.